The number of hydrogen-bond donors (Lipinski definition) is 1. The molecule has 1 aliphatic heterocycles. The molecule has 1 aliphatic rings. The van der Waals surface area contributed by atoms with Crippen molar-refractivity contribution in [3.05, 3.63) is 63.0 Å². The third-order valence-corrected chi connectivity index (χ3v) is 5.38. The zero-order valence-electron chi connectivity index (χ0n) is 15.4. The molecule has 0 saturated carbocycles. The van der Waals surface area contributed by atoms with E-state index in [9.17, 15) is 20.0 Å². The molecule has 0 fully saturated rings. The molecule has 0 unspecified atom stereocenters. The number of ether oxygens (including phenoxy) is 2. The summed E-state index contributed by atoms with van der Waals surface area (Å²) in [5.41, 5.74) is -0.618. The third kappa shape index (κ3) is 2.79. The quantitative estimate of drug-likeness (QED) is 0.299. The number of para-hydroxylation sites is 2. The van der Waals surface area contributed by atoms with Gasteiger partial charge < -0.3 is 19.0 Å². The molecule has 0 radical (unpaired) electrons. The van der Waals surface area contributed by atoms with Crippen LogP contribution >= 0.6 is 12.2 Å². The maximum atomic E-state index is 12.5. The molecule has 0 amide bonds. The van der Waals surface area contributed by atoms with Gasteiger partial charge >= 0.3 is 5.97 Å². The number of fused-ring (bicyclic) bond motifs is 2. The molecule has 29 heavy (non-hydrogen) atoms. The van der Waals surface area contributed by atoms with Crippen molar-refractivity contribution in [2.24, 2.45) is 0 Å². The summed E-state index contributed by atoms with van der Waals surface area (Å²) in [4.78, 5) is 23.3. The Labute approximate surface area is 169 Å². The van der Waals surface area contributed by atoms with Crippen LogP contribution in [0.1, 0.15) is 18.5 Å². The van der Waals surface area contributed by atoms with E-state index in [0.717, 1.165) is 0 Å². The Kier molecular flexibility index (Phi) is 4.39. The lowest BCUT2D eigenvalue weighted by Crippen LogP contribution is -2.58. The van der Waals surface area contributed by atoms with E-state index in [4.69, 9.17) is 26.1 Å². The molecule has 0 bridgehead atoms. The Hall–Kier alpha value is -3.24. The van der Waals surface area contributed by atoms with E-state index in [1.807, 2.05) is 0 Å². The van der Waals surface area contributed by atoms with Crippen molar-refractivity contribution in [2.45, 2.75) is 24.7 Å². The van der Waals surface area contributed by atoms with Crippen LogP contribution in [-0.4, -0.2) is 39.4 Å². The average molecular weight is 416 g/mol. The lowest BCUT2D eigenvalue weighted by molar-refractivity contribution is -0.385. The molecule has 4 rings (SSSR count). The molecule has 0 aliphatic carbocycles. The number of rotatable bonds is 3. The summed E-state index contributed by atoms with van der Waals surface area (Å²) in [6.45, 7) is 1.40. The number of aromatic nitrogens is 1. The van der Waals surface area contributed by atoms with Crippen LogP contribution in [0.15, 0.2) is 46.9 Å². The van der Waals surface area contributed by atoms with E-state index in [-0.39, 0.29) is 16.3 Å². The normalized spacial score (nSPS) is 23.3. The monoisotopic (exact) mass is 416 g/mol. The predicted molar refractivity (Wildman–Crippen MR) is 103 cm³/mol. The number of carbonyl (C=O) groups excluding carboxylic acids is 1. The Bertz CT molecular complexity index is 1200. The SMILES string of the molecule is COC(=O)[C@]1(C)Oc2ccc([N+](=O)[O-])cc2[C@H](n2c(=S)oc3ccccc32)[C@H]1O. The highest BCUT2D eigenvalue weighted by atomic mass is 32.1. The van der Waals surface area contributed by atoms with Gasteiger partial charge in [-0.1, -0.05) is 12.1 Å². The summed E-state index contributed by atoms with van der Waals surface area (Å²) >= 11 is 5.36. The first kappa shape index (κ1) is 19.1. The van der Waals surface area contributed by atoms with Gasteiger partial charge in [0.1, 0.15) is 11.9 Å². The van der Waals surface area contributed by atoms with Crippen molar-refractivity contribution in [3.8, 4) is 5.75 Å². The Morgan fingerprint density at radius 1 is 1.34 bits per heavy atom. The van der Waals surface area contributed by atoms with E-state index < -0.39 is 28.6 Å². The minimum atomic E-state index is -1.77. The summed E-state index contributed by atoms with van der Waals surface area (Å²) in [5.74, 6) is -0.593. The number of esters is 1. The number of methoxy groups -OCH3 is 1. The van der Waals surface area contributed by atoms with E-state index in [1.54, 1.807) is 24.3 Å². The zero-order chi connectivity index (χ0) is 20.9. The second-order valence-electron chi connectivity index (χ2n) is 6.78. The Balaban J connectivity index is 2.03. The van der Waals surface area contributed by atoms with Crippen LogP contribution in [-0.2, 0) is 9.53 Å². The lowest BCUT2D eigenvalue weighted by atomic mass is 9.84. The molecule has 150 valence electrons. The standard InChI is InChI=1S/C19H16N2O7S/c1-19(17(23)26-2)16(22)15(11-9-10(21(24)25)7-8-13(11)28-19)20-12-5-3-4-6-14(12)27-18(20)29/h3-9,15-16,22H,1-2H3/t15-,16+,19+/m0/s1. The fraction of sp³-hybridized carbons (Fsp3) is 0.263. The van der Waals surface area contributed by atoms with Gasteiger partial charge in [-0.05, 0) is 37.3 Å². The number of nitro groups is 1. The van der Waals surface area contributed by atoms with Gasteiger partial charge in [-0.15, -0.1) is 0 Å². The van der Waals surface area contributed by atoms with Crippen molar-refractivity contribution in [1.29, 1.82) is 0 Å². The molecule has 0 spiro atoms. The molecule has 3 aromatic rings. The second kappa shape index (κ2) is 6.68. The van der Waals surface area contributed by atoms with Crippen LogP contribution in [0.5, 0.6) is 5.75 Å². The fourth-order valence-corrected chi connectivity index (χ4v) is 3.93. The number of aliphatic hydroxyl groups is 1. The van der Waals surface area contributed by atoms with E-state index in [2.05, 4.69) is 0 Å². The van der Waals surface area contributed by atoms with Gasteiger partial charge in [-0.2, -0.15) is 0 Å². The highest BCUT2D eigenvalue weighted by molar-refractivity contribution is 7.71. The van der Waals surface area contributed by atoms with Gasteiger partial charge in [-0.25, -0.2) is 4.79 Å². The largest absolute Gasteiger partial charge is 0.473 e. The number of benzene rings is 2. The Morgan fingerprint density at radius 2 is 2.07 bits per heavy atom. The molecule has 2 aromatic carbocycles. The molecule has 1 aromatic heterocycles. The third-order valence-electron chi connectivity index (χ3n) is 5.10. The highest BCUT2D eigenvalue weighted by Crippen LogP contribution is 2.45. The van der Waals surface area contributed by atoms with Crippen LogP contribution in [0.2, 0.25) is 0 Å². The number of carbonyl (C=O) groups is 1. The topological polar surface area (TPSA) is 117 Å². The average Bonchev–Trinajstić information content (AvgIpc) is 3.03. The van der Waals surface area contributed by atoms with Gasteiger partial charge in [0.05, 0.1) is 23.6 Å². The molecule has 10 heteroatoms. The summed E-state index contributed by atoms with van der Waals surface area (Å²) in [6.07, 6.45) is -1.47. The first-order valence-electron chi connectivity index (χ1n) is 8.62. The van der Waals surface area contributed by atoms with Gasteiger partial charge in [0.15, 0.2) is 5.58 Å². The molecule has 0 saturated heterocycles. The van der Waals surface area contributed by atoms with Crippen molar-refractivity contribution < 1.29 is 28.7 Å². The smallest absolute Gasteiger partial charge is 0.352 e. The van der Waals surface area contributed by atoms with Gasteiger partial charge in [-0.3, -0.25) is 14.7 Å². The van der Waals surface area contributed by atoms with Crippen LogP contribution in [0.25, 0.3) is 11.1 Å². The molecule has 1 N–H and O–H groups in total. The second-order valence-corrected chi connectivity index (χ2v) is 7.12. The molecule has 9 nitrogen and oxygen atoms in total. The first-order valence-corrected chi connectivity index (χ1v) is 9.02. The van der Waals surface area contributed by atoms with Crippen LogP contribution < -0.4 is 4.74 Å². The van der Waals surface area contributed by atoms with Crippen molar-refractivity contribution in [1.82, 2.24) is 4.57 Å². The van der Waals surface area contributed by atoms with Crippen LogP contribution in [0, 0.1) is 15.0 Å². The summed E-state index contributed by atoms with van der Waals surface area (Å²) < 4.78 is 17.8. The van der Waals surface area contributed by atoms with Gasteiger partial charge in [0.2, 0.25) is 5.60 Å². The number of aliphatic hydroxyl groups excluding tert-OH is 1. The first-order chi connectivity index (χ1) is 13.8. The number of non-ortho nitro benzene ring substituents is 1. The molecule has 2 heterocycles. The molecular formula is C19H16N2O7S. The highest BCUT2D eigenvalue weighted by Gasteiger charge is 2.54. The predicted octanol–water partition coefficient (Wildman–Crippen LogP) is 3.15. The van der Waals surface area contributed by atoms with Crippen LogP contribution in [0.4, 0.5) is 5.69 Å². The lowest BCUT2D eigenvalue weighted by Gasteiger charge is -2.42. The summed E-state index contributed by atoms with van der Waals surface area (Å²) in [5, 5.41) is 22.5. The minimum absolute atomic E-state index is 0.0434. The molecule has 3 atom stereocenters. The van der Waals surface area contributed by atoms with Crippen molar-refractivity contribution in [3.63, 3.8) is 0 Å². The van der Waals surface area contributed by atoms with E-state index in [0.29, 0.717) is 16.7 Å². The summed E-state index contributed by atoms with van der Waals surface area (Å²) in [6, 6.07) is 9.94. The maximum absolute atomic E-state index is 12.5. The maximum Gasteiger partial charge on any atom is 0.352 e. The fourth-order valence-electron chi connectivity index (χ4n) is 3.63. The molecular weight excluding hydrogens is 400 g/mol. The van der Waals surface area contributed by atoms with Crippen LogP contribution in [0.3, 0.4) is 0 Å². The van der Waals surface area contributed by atoms with Crippen molar-refractivity contribution in [2.75, 3.05) is 7.11 Å². The number of nitro benzene ring substituents is 1. The van der Waals surface area contributed by atoms with Gasteiger partial charge in [0.25, 0.3) is 10.5 Å². The minimum Gasteiger partial charge on any atom is -0.473 e. The number of nitrogens with zero attached hydrogens (tertiary/aromatic N) is 2. The Morgan fingerprint density at radius 3 is 2.76 bits per heavy atom. The van der Waals surface area contributed by atoms with E-state index in [1.165, 1.54) is 36.8 Å². The van der Waals surface area contributed by atoms with E-state index >= 15 is 0 Å². The zero-order valence-corrected chi connectivity index (χ0v) is 16.2. The summed E-state index contributed by atoms with van der Waals surface area (Å²) in [7, 11) is 1.18. The van der Waals surface area contributed by atoms with Crippen molar-refractivity contribution >= 4 is 35.0 Å². The number of hydrogen-bond acceptors (Lipinski definition) is 8. The number of oxazole rings is 1. The van der Waals surface area contributed by atoms with Gasteiger partial charge in [0, 0.05) is 17.7 Å².